The molecule has 2 aliphatic carbocycles. The molecule has 1 aromatic rings. The molecule has 0 aromatic heterocycles. The number of benzene rings is 1. The van der Waals surface area contributed by atoms with Crippen molar-refractivity contribution in [3.8, 4) is 0 Å². The van der Waals surface area contributed by atoms with Gasteiger partial charge in [0.15, 0.2) is 0 Å². The minimum absolute atomic E-state index is 0.177. The molecule has 0 unspecified atom stereocenters. The van der Waals surface area contributed by atoms with Crippen LogP contribution in [0.1, 0.15) is 63.9 Å². The van der Waals surface area contributed by atoms with Gasteiger partial charge in [0.1, 0.15) is 0 Å². The molecule has 3 nitrogen and oxygen atoms in total. The highest BCUT2D eigenvalue weighted by molar-refractivity contribution is 5.82. The molecular weight excluding hydrogens is 365 g/mol. The number of rotatable bonds is 3. The smallest absolute Gasteiger partial charge is 0.335 e. The predicted octanol–water partition coefficient (Wildman–Crippen LogP) is 5.56. The van der Waals surface area contributed by atoms with Gasteiger partial charge in [-0.2, -0.15) is 13.2 Å². The average molecular weight is 399 g/mol. The first-order valence-electron chi connectivity index (χ1n) is 10.1. The number of nitrogens with two attached hydrogens (primary N) is 1. The summed E-state index contributed by atoms with van der Waals surface area (Å²) in [6, 6.07) is 10.7. The Bertz CT molecular complexity index is 577. The van der Waals surface area contributed by atoms with Gasteiger partial charge in [0.2, 0.25) is 0 Å². The van der Waals surface area contributed by atoms with E-state index in [0.29, 0.717) is 18.9 Å². The number of hydrogen-bond donors (Lipinski definition) is 1. The average Bonchev–Trinajstić information content (AvgIpc) is 3.52. The number of alkyl halides is 3. The highest BCUT2D eigenvalue weighted by Gasteiger charge is 2.45. The van der Waals surface area contributed by atoms with Gasteiger partial charge in [0.25, 0.3) is 0 Å². The van der Waals surface area contributed by atoms with Crippen molar-refractivity contribution in [2.45, 2.75) is 76.6 Å². The third-order valence-corrected chi connectivity index (χ3v) is 4.65. The molecule has 0 aliphatic heterocycles. The van der Waals surface area contributed by atoms with Crippen LogP contribution in [0.4, 0.5) is 13.2 Å². The van der Waals surface area contributed by atoms with Crippen LogP contribution >= 0.6 is 0 Å². The quantitative estimate of drug-likeness (QED) is 0.725. The van der Waals surface area contributed by atoms with Crippen LogP contribution in [0.5, 0.6) is 0 Å². The van der Waals surface area contributed by atoms with E-state index in [2.05, 4.69) is 43.3 Å². The molecular formula is C22H33F3N2O. The fourth-order valence-electron chi connectivity index (χ4n) is 2.78. The van der Waals surface area contributed by atoms with E-state index >= 15 is 0 Å². The van der Waals surface area contributed by atoms with E-state index in [1.165, 1.54) is 44.7 Å². The Kier molecular flexibility index (Phi) is 10.9. The van der Waals surface area contributed by atoms with Crippen molar-refractivity contribution >= 4 is 12.0 Å². The van der Waals surface area contributed by atoms with Crippen LogP contribution in [-0.4, -0.2) is 36.1 Å². The van der Waals surface area contributed by atoms with E-state index in [1.54, 1.807) is 0 Å². The molecule has 2 fully saturated rings. The van der Waals surface area contributed by atoms with Crippen molar-refractivity contribution in [1.82, 2.24) is 4.90 Å². The summed E-state index contributed by atoms with van der Waals surface area (Å²) in [7, 11) is 1.19. The van der Waals surface area contributed by atoms with Crippen LogP contribution in [0, 0.1) is 0 Å². The monoisotopic (exact) mass is 398 g/mol. The van der Waals surface area contributed by atoms with E-state index in [4.69, 9.17) is 5.73 Å². The largest absolute Gasteiger partial charge is 0.471 e. The second kappa shape index (κ2) is 12.6. The molecule has 1 amide bonds. The van der Waals surface area contributed by atoms with Crippen molar-refractivity contribution in [3.05, 3.63) is 42.0 Å². The summed E-state index contributed by atoms with van der Waals surface area (Å²) in [4.78, 5) is 11.2. The minimum atomic E-state index is -4.71. The maximum atomic E-state index is 11.7. The van der Waals surface area contributed by atoms with Gasteiger partial charge in [0, 0.05) is 19.1 Å². The first-order chi connectivity index (χ1) is 13.3. The zero-order chi connectivity index (χ0) is 21.0. The van der Waals surface area contributed by atoms with Gasteiger partial charge in [-0.25, -0.2) is 0 Å². The van der Waals surface area contributed by atoms with Gasteiger partial charge in [-0.1, -0.05) is 68.7 Å². The van der Waals surface area contributed by atoms with E-state index in [0.717, 1.165) is 11.3 Å². The summed E-state index contributed by atoms with van der Waals surface area (Å²) >= 11 is 0. The Hall–Kier alpha value is -1.82. The topological polar surface area (TPSA) is 46.3 Å². The Balaban J connectivity index is 0.000000215. The summed E-state index contributed by atoms with van der Waals surface area (Å²) in [6.07, 6.45) is 8.74. The lowest BCUT2D eigenvalue weighted by Gasteiger charge is -2.17. The van der Waals surface area contributed by atoms with Crippen LogP contribution in [0.3, 0.4) is 0 Å². The second-order valence-electron chi connectivity index (χ2n) is 7.26. The van der Waals surface area contributed by atoms with E-state index in [-0.39, 0.29) is 6.04 Å². The van der Waals surface area contributed by atoms with E-state index in [1.807, 2.05) is 6.07 Å². The fourth-order valence-corrected chi connectivity index (χ4v) is 2.78. The molecule has 0 saturated heterocycles. The molecule has 0 atom stereocenters. The van der Waals surface area contributed by atoms with Crippen molar-refractivity contribution in [3.63, 3.8) is 0 Å². The molecule has 0 spiro atoms. The molecule has 0 bridgehead atoms. The lowest BCUT2D eigenvalue weighted by atomic mass is 9.97. The third kappa shape index (κ3) is 10.5. The third-order valence-electron chi connectivity index (χ3n) is 4.65. The Labute approximate surface area is 166 Å². The van der Waals surface area contributed by atoms with Gasteiger partial charge in [-0.15, -0.1) is 0 Å². The maximum Gasteiger partial charge on any atom is 0.471 e. The van der Waals surface area contributed by atoms with Crippen molar-refractivity contribution in [1.29, 1.82) is 0 Å². The van der Waals surface area contributed by atoms with Crippen LogP contribution < -0.4 is 5.73 Å². The summed E-state index contributed by atoms with van der Waals surface area (Å²) in [6.45, 7) is 2.14. The summed E-state index contributed by atoms with van der Waals surface area (Å²) in [5.74, 6) is -1.74. The molecule has 0 radical (unpaired) electrons. The molecule has 1 aromatic carbocycles. The van der Waals surface area contributed by atoms with Crippen LogP contribution in [-0.2, 0) is 4.79 Å². The molecule has 158 valence electrons. The number of carbonyl (C=O) groups excluding carboxylic acids is 1. The molecule has 28 heavy (non-hydrogen) atoms. The SMILES string of the molecule is CC/C=C\c1ccccc1.CN(C(=O)C(F)(F)F)C1CC1.NC1CCCCC1. The highest BCUT2D eigenvalue weighted by atomic mass is 19.4. The molecule has 2 aliphatic rings. The predicted molar refractivity (Wildman–Crippen MR) is 109 cm³/mol. The molecule has 3 rings (SSSR count). The Morgan fingerprint density at radius 2 is 1.68 bits per heavy atom. The molecule has 2 saturated carbocycles. The Morgan fingerprint density at radius 3 is 2.07 bits per heavy atom. The van der Waals surface area contributed by atoms with Gasteiger partial charge in [-0.05, 0) is 37.7 Å². The first-order valence-corrected chi connectivity index (χ1v) is 10.1. The number of amides is 1. The highest BCUT2D eigenvalue weighted by Crippen LogP contribution is 2.29. The zero-order valence-corrected chi connectivity index (χ0v) is 16.9. The van der Waals surface area contributed by atoms with Crippen molar-refractivity contribution in [2.24, 2.45) is 5.73 Å². The van der Waals surface area contributed by atoms with Crippen molar-refractivity contribution < 1.29 is 18.0 Å². The molecule has 2 N–H and O–H groups in total. The van der Waals surface area contributed by atoms with Gasteiger partial charge < -0.3 is 10.6 Å². The lowest BCUT2D eigenvalue weighted by Crippen LogP contribution is -2.39. The number of halogens is 3. The summed E-state index contributed by atoms with van der Waals surface area (Å²) in [5, 5.41) is 0. The second-order valence-corrected chi connectivity index (χ2v) is 7.26. The molecule has 0 heterocycles. The van der Waals surface area contributed by atoms with E-state index < -0.39 is 12.1 Å². The lowest BCUT2D eigenvalue weighted by molar-refractivity contribution is -0.184. The summed E-state index contributed by atoms with van der Waals surface area (Å²) < 4.78 is 35.1. The first kappa shape index (κ1) is 24.2. The zero-order valence-electron chi connectivity index (χ0n) is 16.9. The Morgan fingerprint density at radius 1 is 1.11 bits per heavy atom. The fraction of sp³-hybridized carbons (Fsp3) is 0.591. The number of allylic oxidation sites excluding steroid dienone is 1. The maximum absolute atomic E-state index is 11.7. The number of carbonyl (C=O) groups is 1. The van der Waals surface area contributed by atoms with Crippen molar-refractivity contribution in [2.75, 3.05) is 7.05 Å². The van der Waals surface area contributed by atoms with Crippen LogP contribution in [0.2, 0.25) is 0 Å². The van der Waals surface area contributed by atoms with Gasteiger partial charge >= 0.3 is 12.1 Å². The normalized spacial score (nSPS) is 17.2. The van der Waals surface area contributed by atoms with Crippen LogP contribution in [0.25, 0.3) is 6.08 Å². The number of hydrogen-bond acceptors (Lipinski definition) is 2. The van der Waals surface area contributed by atoms with Gasteiger partial charge in [0.05, 0.1) is 0 Å². The summed E-state index contributed by atoms with van der Waals surface area (Å²) in [5.41, 5.74) is 6.92. The minimum Gasteiger partial charge on any atom is -0.335 e. The van der Waals surface area contributed by atoms with Crippen LogP contribution in [0.15, 0.2) is 36.4 Å². The number of nitrogens with zero attached hydrogens (tertiary/aromatic N) is 1. The van der Waals surface area contributed by atoms with Gasteiger partial charge in [-0.3, -0.25) is 4.79 Å². The molecule has 6 heteroatoms. The standard InChI is InChI=1S/C10H12.C6H8F3NO.C6H13N/c1-2-3-7-10-8-5-4-6-9-10;1-10(4-2-3-4)5(11)6(7,8)9;7-6-4-2-1-3-5-6/h3-9H,2H2,1H3;4H,2-3H2,1H3;6H,1-5,7H2/b7-3-;;. The van der Waals surface area contributed by atoms with E-state index in [9.17, 15) is 18.0 Å².